The quantitative estimate of drug-likeness (QED) is 0.137. The van der Waals surface area contributed by atoms with Crippen molar-refractivity contribution in [2.45, 2.75) is 13.3 Å². The highest BCUT2D eigenvalue weighted by atomic mass is 15.1. The van der Waals surface area contributed by atoms with Crippen molar-refractivity contribution in [1.29, 1.82) is 0 Å². The zero-order chi connectivity index (χ0) is 42.5. The van der Waals surface area contributed by atoms with Gasteiger partial charge in [0.2, 0.25) is 0 Å². The van der Waals surface area contributed by atoms with E-state index in [1.54, 1.807) is 0 Å². The van der Waals surface area contributed by atoms with Crippen LogP contribution in [0.3, 0.4) is 0 Å². The molecular weight excluding hydrogens is 769 g/mol. The van der Waals surface area contributed by atoms with Crippen LogP contribution in [0.15, 0.2) is 213 Å². The summed E-state index contributed by atoms with van der Waals surface area (Å²) >= 11 is 0. The highest BCUT2D eigenvalue weighted by Crippen LogP contribution is 2.33. The van der Waals surface area contributed by atoms with Gasteiger partial charge in [-0.1, -0.05) is 196 Å². The molecule has 10 rings (SSSR count). The van der Waals surface area contributed by atoms with E-state index >= 15 is 0 Å². The molecule has 300 valence electrons. The second kappa shape index (κ2) is 17.4. The number of aromatic nitrogens is 6. The SMILES string of the molecule is C=C(c1nc(-c2cccc(C3=CC(C)CC=C3)c2)nc(-c2cccc(-c3ccccc3)c2)n1)c1nc(-c2cccc(-c3ccccc3)c2)nc(-c2cccc(-c3ccccc3)c2)n1. The zero-order valence-electron chi connectivity index (χ0n) is 34.8. The molecule has 0 N–H and O–H groups in total. The van der Waals surface area contributed by atoms with E-state index < -0.39 is 0 Å². The lowest BCUT2D eigenvalue weighted by molar-refractivity contribution is 0.740. The average molecular weight is 811 g/mol. The molecule has 2 aromatic heterocycles. The van der Waals surface area contributed by atoms with E-state index in [4.69, 9.17) is 29.9 Å². The summed E-state index contributed by atoms with van der Waals surface area (Å²) in [5.41, 5.74) is 12.6. The summed E-state index contributed by atoms with van der Waals surface area (Å²) in [6.45, 7) is 6.85. The molecule has 1 unspecified atom stereocenters. The molecule has 0 amide bonds. The zero-order valence-corrected chi connectivity index (χ0v) is 34.8. The van der Waals surface area contributed by atoms with Crippen molar-refractivity contribution in [3.63, 3.8) is 0 Å². The third kappa shape index (κ3) is 8.56. The van der Waals surface area contributed by atoms with E-state index in [0.29, 0.717) is 46.4 Å². The van der Waals surface area contributed by atoms with Crippen LogP contribution in [0.25, 0.3) is 90.1 Å². The van der Waals surface area contributed by atoms with Crippen LogP contribution in [0.1, 0.15) is 30.6 Å². The number of benzene rings is 7. The van der Waals surface area contributed by atoms with E-state index in [1.165, 1.54) is 5.57 Å². The Bertz CT molecular complexity index is 3070. The van der Waals surface area contributed by atoms with Gasteiger partial charge in [0.15, 0.2) is 34.9 Å². The van der Waals surface area contributed by atoms with Crippen molar-refractivity contribution in [2.75, 3.05) is 0 Å². The first kappa shape index (κ1) is 38.9. The van der Waals surface area contributed by atoms with Gasteiger partial charge in [-0.15, -0.1) is 0 Å². The van der Waals surface area contributed by atoms with Crippen LogP contribution in [0.4, 0.5) is 0 Å². The molecule has 0 fully saturated rings. The van der Waals surface area contributed by atoms with Gasteiger partial charge in [-0.2, -0.15) is 0 Å². The molecule has 1 aliphatic rings. The van der Waals surface area contributed by atoms with Crippen molar-refractivity contribution < 1.29 is 0 Å². The Morgan fingerprint density at radius 3 is 1.06 bits per heavy atom. The van der Waals surface area contributed by atoms with Gasteiger partial charge in [0.1, 0.15) is 0 Å². The Hall–Kier alpha value is -8.22. The van der Waals surface area contributed by atoms with Crippen molar-refractivity contribution in [3.05, 3.63) is 230 Å². The van der Waals surface area contributed by atoms with Gasteiger partial charge in [0.05, 0.1) is 5.57 Å². The van der Waals surface area contributed by atoms with Crippen molar-refractivity contribution in [1.82, 2.24) is 29.9 Å². The van der Waals surface area contributed by atoms with Gasteiger partial charge in [0, 0.05) is 22.3 Å². The second-order valence-electron chi connectivity index (χ2n) is 15.7. The molecule has 0 spiro atoms. The predicted octanol–water partition coefficient (Wildman–Crippen LogP) is 13.8. The number of allylic oxidation sites excluding steroid dienone is 4. The fourth-order valence-electron chi connectivity index (χ4n) is 7.91. The molecule has 1 aliphatic carbocycles. The highest BCUT2D eigenvalue weighted by Gasteiger charge is 2.20. The molecule has 6 nitrogen and oxygen atoms in total. The molecular formula is C57H42N6. The van der Waals surface area contributed by atoms with Crippen LogP contribution >= 0.6 is 0 Å². The Morgan fingerprint density at radius 2 is 0.698 bits per heavy atom. The summed E-state index contributed by atoms with van der Waals surface area (Å²) in [6.07, 6.45) is 7.79. The number of hydrogen-bond acceptors (Lipinski definition) is 6. The lowest BCUT2D eigenvalue weighted by Gasteiger charge is -2.14. The standard InChI is InChI=1S/C57H42N6/c1-38-17-12-24-43(33-38)47-28-16-32-51(37-47)57-61-53(60-56(63-57)50-31-15-27-46(36-50)42-22-10-5-11-23-42)39(2)52-58-54(48-29-13-25-44(34-48)40-18-6-3-7-19-40)62-55(59-52)49-30-14-26-45(35-49)41-20-8-4-9-21-41/h3-16,18-38H,2,17H2,1H3. The lowest BCUT2D eigenvalue weighted by Crippen LogP contribution is -2.08. The molecule has 0 aliphatic heterocycles. The highest BCUT2D eigenvalue weighted by molar-refractivity contribution is 5.80. The minimum absolute atomic E-state index is 0.367. The fraction of sp³-hybridized carbons (Fsp3) is 0.0526. The van der Waals surface area contributed by atoms with E-state index in [0.717, 1.165) is 67.6 Å². The molecule has 6 heteroatoms. The van der Waals surface area contributed by atoms with Gasteiger partial charge in [-0.3, -0.25) is 0 Å². The predicted molar refractivity (Wildman–Crippen MR) is 257 cm³/mol. The summed E-state index contributed by atoms with van der Waals surface area (Å²) in [5, 5.41) is 0. The van der Waals surface area contributed by atoms with Crippen LogP contribution in [-0.2, 0) is 0 Å². The van der Waals surface area contributed by atoms with Crippen molar-refractivity contribution >= 4 is 11.1 Å². The third-order valence-electron chi connectivity index (χ3n) is 11.2. The molecule has 0 saturated heterocycles. The third-order valence-corrected chi connectivity index (χ3v) is 11.2. The molecule has 0 bridgehead atoms. The van der Waals surface area contributed by atoms with Crippen molar-refractivity contribution in [3.8, 4) is 78.9 Å². The van der Waals surface area contributed by atoms with Gasteiger partial charge < -0.3 is 0 Å². The number of nitrogens with zero attached hydrogens (tertiary/aromatic N) is 6. The summed E-state index contributed by atoms with van der Waals surface area (Å²) in [6, 6.07) is 64.2. The van der Waals surface area contributed by atoms with Crippen LogP contribution in [0, 0.1) is 5.92 Å². The normalized spacial score (nSPS) is 13.3. The second-order valence-corrected chi connectivity index (χ2v) is 15.7. The molecule has 0 radical (unpaired) electrons. The Kier molecular flexibility index (Phi) is 10.8. The molecule has 63 heavy (non-hydrogen) atoms. The lowest BCUT2D eigenvalue weighted by atomic mass is 9.93. The number of rotatable bonds is 10. The fourth-order valence-corrected chi connectivity index (χ4v) is 7.91. The molecule has 9 aromatic rings. The van der Waals surface area contributed by atoms with Crippen LogP contribution < -0.4 is 0 Å². The Morgan fingerprint density at radius 1 is 0.381 bits per heavy atom. The summed E-state index contributed by atoms with van der Waals surface area (Å²) in [4.78, 5) is 30.8. The first-order valence-corrected chi connectivity index (χ1v) is 21.2. The van der Waals surface area contributed by atoms with Crippen LogP contribution in [0.2, 0.25) is 0 Å². The van der Waals surface area contributed by atoms with Crippen molar-refractivity contribution in [2.24, 2.45) is 5.92 Å². The molecule has 1 atom stereocenters. The van der Waals surface area contributed by atoms with Crippen LogP contribution in [-0.4, -0.2) is 29.9 Å². The van der Waals surface area contributed by atoms with E-state index in [1.807, 2.05) is 97.1 Å². The molecule has 0 saturated carbocycles. The minimum Gasteiger partial charge on any atom is -0.208 e. The maximum Gasteiger partial charge on any atom is 0.167 e. The number of hydrogen-bond donors (Lipinski definition) is 0. The first-order chi connectivity index (χ1) is 31.0. The van der Waals surface area contributed by atoms with Gasteiger partial charge >= 0.3 is 0 Å². The molecule has 2 heterocycles. The summed E-state index contributed by atoms with van der Waals surface area (Å²) in [7, 11) is 0. The largest absolute Gasteiger partial charge is 0.208 e. The minimum atomic E-state index is 0.367. The van der Waals surface area contributed by atoms with Gasteiger partial charge in [-0.25, -0.2) is 29.9 Å². The maximum absolute atomic E-state index is 5.14. The van der Waals surface area contributed by atoms with E-state index in [2.05, 4.69) is 123 Å². The topological polar surface area (TPSA) is 77.3 Å². The van der Waals surface area contributed by atoms with Gasteiger partial charge in [-0.05, 0) is 81.1 Å². The Labute approximate surface area is 367 Å². The van der Waals surface area contributed by atoms with E-state index in [-0.39, 0.29) is 0 Å². The average Bonchev–Trinajstić information content (AvgIpc) is 3.37. The molecule has 7 aromatic carbocycles. The Balaban J connectivity index is 1.13. The monoisotopic (exact) mass is 810 g/mol. The van der Waals surface area contributed by atoms with E-state index in [9.17, 15) is 0 Å². The van der Waals surface area contributed by atoms with Gasteiger partial charge in [0.25, 0.3) is 0 Å². The van der Waals surface area contributed by atoms with Crippen LogP contribution in [0.5, 0.6) is 0 Å². The summed E-state index contributed by atoms with van der Waals surface area (Å²) in [5.74, 6) is 3.27. The summed E-state index contributed by atoms with van der Waals surface area (Å²) < 4.78 is 0. The first-order valence-electron chi connectivity index (χ1n) is 21.2. The maximum atomic E-state index is 5.14. The smallest absolute Gasteiger partial charge is 0.167 e.